The topological polar surface area (TPSA) is 58.6 Å². The highest BCUT2D eigenvalue weighted by molar-refractivity contribution is 7.81. The number of thiocarbonyl (C=S) groups is 1. The summed E-state index contributed by atoms with van der Waals surface area (Å²) in [6, 6.07) is 20.4. The number of nitrogens with zero attached hydrogens (tertiary/aromatic N) is 1. The van der Waals surface area contributed by atoms with Gasteiger partial charge in [-0.25, -0.2) is 4.79 Å². The Morgan fingerprint density at radius 1 is 0.903 bits per heavy atom. The third-order valence-corrected chi connectivity index (χ3v) is 5.42. The smallest absolute Gasteiger partial charge is 0.334 e. The lowest BCUT2D eigenvalue weighted by Crippen LogP contribution is -2.53. The van der Waals surface area contributed by atoms with Crippen LogP contribution in [-0.4, -0.2) is 16.9 Å². The molecular weight excluding hydrogens is 455 g/mol. The molecule has 0 saturated carbocycles. The molecule has 0 bridgehead atoms. The zero-order chi connectivity index (χ0) is 22.0. The maximum Gasteiger partial charge on any atom is 0.334 e. The van der Waals surface area contributed by atoms with Gasteiger partial charge in [0.15, 0.2) is 0 Å². The fraction of sp³-hybridized carbons (Fsp3) is 0. The summed E-state index contributed by atoms with van der Waals surface area (Å²) in [5, 5.41) is 3.16. The molecule has 0 atom stereocenters. The molecule has 3 aromatic rings. The first-order chi connectivity index (χ1) is 14.9. The third-order valence-electron chi connectivity index (χ3n) is 4.43. The van der Waals surface area contributed by atoms with Gasteiger partial charge in [-0.05, 0) is 66.2 Å². The first kappa shape index (κ1) is 21.1. The van der Waals surface area contributed by atoms with Crippen LogP contribution in [0.1, 0.15) is 5.56 Å². The number of rotatable bonds is 4. The number of carbonyl (C=O) groups excluding carboxylic acids is 2. The summed E-state index contributed by atoms with van der Waals surface area (Å²) in [7, 11) is 0. The van der Waals surface area contributed by atoms with E-state index in [0.29, 0.717) is 32.8 Å². The lowest BCUT2D eigenvalue weighted by Gasteiger charge is -2.29. The maximum absolute atomic E-state index is 12.5. The van der Waals surface area contributed by atoms with Crippen molar-refractivity contribution in [2.24, 2.45) is 0 Å². The van der Waals surface area contributed by atoms with Crippen LogP contribution in [0, 0.1) is 0 Å². The number of urea groups is 1. The first-order valence-corrected chi connectivity index (χ1v) is 10.3. The van der Waals surface area contributed by atoms with Crippen molar-refractivity contribution in [1.82, 2.24) is 5.32 Å². The Kier molecular flexibility index (Phi) is 6.04. The monoisotopic (exact) mass is 468 g/mol. The van der Waals surface area contributed by atoms with Crippen molar-refractivity contribution in [2.45, 2.75) is 0 Å². The fourth-order valence-corrected chi connectivity index (χ4v) is 3.65. The second kappa shape index (κ2) is 8.89. The summed E-state index contributed by atoms with van der Waals surface area (Å²) < 4.78 is 5.77. The van der Waals surface area contributed by atoms with Gasteiger partial charge in [0, 0.05) is 10.0 Å². The molecule has 0 aromatic heterocycles. The minimum Gasteiger partial charge on any atom is -0.457 e. The van der Waals surface area contributed by atoms with Gasteiger partial charge in [-0.3, -0.25) is 15.0 Å². The first-order valence-electron chi connectivity index (χ1n) is 9.12. The normalized spacial score (nSPS) is 15.2. The number of carbonyl (C=O) groups is 2. The number of benzene rings is 3. The predicted molar refractivity (Wildman–Crippen MR) is 126 cm³/mol. The quantitative estimate of drug-likeness (QED) is 0.362. The van der Waals surface area contributed by atoms with E-state index in [0.717, 1.165) is 0 Å². The number of hydrogen-bond donors (Lipinski definition) is 1. The molecular formula is C23H14Cl2N2O3S. The number of hydrogen-bond acceptors (Lipinski definition) is 4. The summed E-state index contributed by atoms with van der Waals surface area (Å²) in [4.78, 5) is 26.3. The van der Waals surface area contributed by atoms with Crippen molar-refractivity contribution in [1.29, 1.82) is 0 Å². The van der Waals surface area contributed by atoms with Gasteiger partial charge >= 0.3 is 6.03 Å². The molecule has 3 amide bonds. The molecule has 1 aliphatic rings. The van der Waals surface area contributed by atoms with Crippen molar-refractivity contribution >= 4 is 64.1 Å². The predicted octanol–water partition coefficient (Wildman–Crippen LogP) is 6.25. The maximum atomic E-state index is 12.5. The molecule has 0 spiro atoms. The number of amides is 3. The third kappa shape index (κ3) is 4.61. The lowest BCUT2D eigenvalue weighted by molar-refractivity contribution is -0.116. The van der Waals surface area contributed by atoms with Gasteiger partial charge in [-0.15, -0.1) is 0 Å². The average molecular weight is 469 g/mol. The fourth-order valence-electron chi connectivity index (χ4n) is 2.96. The number of para-hydroxylation sites is 1. The summed E-state index contributed by atoms with van der Waals surface area (Å²) >= 11 is 17.7. The molecule has 0 aliphatic carbocycles. The van der Waals surface area contributed by atoms with Crippen molar-refractivity contribution in [3.63, 3.8) is 0 Å². The summed E-state index contributed by atoms with van der Waals surface area (Å²) in [6.07, 6.45) is 1.51. The minimum atomic E-state index is -0.638. The Bertz CT molecular complexity index is 1210. The van der Waals surface area contributed by atoms with Crippen LogP contribution >= 0.6 is 35.4 Å². The van der Waals surface area contributed by atoms with Crippen LogP contribution in [-0.2, 0) is 4.79 Å². The zero-order valence-electron chi connectivity index (χ0n) is 15.8. The van der Waals surface area contributed by atoms with Gasteiger partial charge in [0.1, 0.15) is 16.5 Å². The van der Waals surface area contributed by atoms with E-state index in [4.69, 9.17) is 40.2 Å². The molecule has 1 N–H and O–H groups in total. The number of nitrogens with one attached hydrogen (secondary N) is 1. The molecule has 8 heteroatoms. The number of ether oxygens (including phenoxy) is 1. The largest absolute Gasteiger partial charge is 0.457 e. The van der Waals surface area contributed by atoms with E-state index in [1.165, 1.54) is 11.0 Å². The molecule has 1 saturated heterocycles. The van der Waals surface area contributed by atoms with E-state index in [9.17, 15) is 9.59 Å². The van der Waals surface area contributed by atoms with Crippen molar-refractivity contribution in [2.75, 3.05) is 4.90 Å². The van der Waals surface area contributed by atoms with Crippen molar-refractivity contribution < 1.29 is 14.3 Å². The second-order valence-electron chi connectivity index (χ2n) is 6.53. The highest BCUT2D eigenvalue weighted by Crippen LogP contribution is 2.29. The second-order valence-corrected chi connectivity index (χ2v) is 7.76. The van der Waals surface area contributed by atoms with Crippen molar-refractivity contribution in [3.05, 3.63) is 94.0 Å². The van der Waals surface area contributed by atoms with Crippen LogP contribution < -0.4 is 15.0 Å². The highest BCUT2D eigenvalue weighted by atomic mass is 35.5. The van der Waals surface area contributed by atoms with E-state index in [2.05, 4.69) is 5.32 Å². The van der Waals surface area contributed by atoms with Gasteiger partial charge in [0.2, 0.25) is 0 Å². The highest BCUT2D eigenvalue weighted by Gasteiger charge is 2.33. The standard InChI is InChI=1S/C23H14Cl2N2O3S/c24-15-6-11-20(25)14(12-15)13-19-21(28)26-23(29)27(22(19)31)16-7-9-18(10-8-16)30-17-4-2-1-3-5-17/h1-13H,(H,26,28,29). The Morgan fingerprint density at radius 2 is 1.58 bits per heavy atom. The molecule has 154 valence electrons. The van der Waals surface area contributed by atoms with Gasteiger partial charge < -0.3 is 4.74 Å². The van der Waals surface area contributed by atoms with Gasteiger partial charge in [-0.2, -0.15) is 0 Å². The summed E-state index contributed by atoms with van der Waals surface area (Å²) in [6.45, 7) is 0. The van der Waals surface area contributed by atoms with Crippen molar-refractivity contribution in [3.8, 4) is 11.5 Å². The number of imide groups is 1. The van der Waals surface area contributed by atoms with Gasteiger partial charge in [0.05, 0.1) is 11.3 Å². The zero-order valence-corrected chi connectivity index (χ0v) is 18.2. The van der Waals surface area contributed by atoms with Crippen LogP contribution in [0.4, 0.5) is 10.5 Å². The van der Waals surface area contributed by atoms with Gasteiger partial charge in [0.25, 0.3) is 5.91 Å². The van der Waals surface area contributed by atoms with Crippen LogP contribution in [0.2, 0.25) is 10.0 Å². The molecule has 0 radical (unpaired) electrons. The molecule has 1 heterocycles. The Labute approximate surface area is 193 Å². The van der Waals surface area contributed by atoms with Gasteiger partial charge in [-0.1, -0.05) is 53.6 Å². The summed E-state index contributed by atoms with van der Waals surface area (Å²) in [5.74, 6) is 0.679. The minimum absolute atomic E-state index is 0.0570. The van der Waals surface area contributed by atoms with E-state index < -0.39 is 11.9 Å². The Balaban J connectivity index is 1.62. The van der Waals surface area contributed by atoms with E-state index in [1.54, 1.807) is 42.5 Å². The van der Waals surface area contributed by atoms with Crippen LogP contribution in [0.3, 0.4) is 0 Å². The van der Waals surface area contributed by atoms with E-state index in [-0.39, 0.29) is 10.6 Å². The van der Waals surface area contributed by atoms with E-state index >= 15 is 0 Å². The van der Waals surface area contributed by atoms with Crippen LogP contribution in [0.5, 0.6) is 11.5 Å². The molecule has 5 nitrogen and oxygen atoms in total. The molecule has 4 rings (SSSR count). The molecule has 31 heavy (non-hydrogen) atoms. The molecule has 1 fully saturated rings. The molecule has 1 aliphatic heterocycles. The lowest BCUT2D eigenvalue weighted by atomic mass is 10.1. The van der Waals surface area contributed by atoms with Crippen LogP contribution in [0.25, 0.3) is 6.08 Å². The molecule has 3 aromatic carbocycles. The molecule has 0 unspecified atom stereocenters. The SMILES string of the molecule is O=C1NC(=O)N(c2ccc(Oc3ccccc3)cc2)C(=S)C1=Cc1cc(Cl)ccc1Cl. The Hall–Kier alpha value is -3.19. The summed E-state index contributed by atoms with van der Waals surface area (Å²) in [5.41, 5.74) is 1.13. The number of halogens is 2. The van der Waals surface area contributed by atoms with E-state index in [1.807, 2.05) is 30.3 Å². The number of anilines is 1. The average Bonchev–Trinajstić information content (AvgIpc) is 2.75. The van der Waals surface area contributed by atoms with Crippen LogP contribution in [0.15, 0.2) is 78.4 Å². The Morgan fingerprint density at radius 3 is 2.29 bits per heavy atom.